The molecule has 2 aromatic heterocycles. The molecule has 0 aliphatic heterocycles. The first-order valence-corrected chi connectivity index (χ1v) is 4.94. The van der Waals surface area contributed by atoms with Crippen LogP contribution in [-0.4, -0.2) is 26.3 Å². The molecule has 5 heteroatoms. The highest BCUT2D eigenvalue weighted by molar-refractivity contribution is 5.87. The van der Waals surface area contributed by atoms with E-state index in [1.807, 2.05) is 13.1 Å². The van der Waals surface area contributed by atoms with Crippen molar-refractivity contribution in [1.29, 1.82) is 0 Å². The molecule has 0 aromatic carbocycles. The summed E-state index contributed by atoms with van der Waals surface area (Å²) in [5.74, 6) is -0.975. The van der Waals surface area contributed by atoms with Crippen LogP contribution in [0, 0.1) is 0 Å². The van der Waals surface area contributed by atoms with Gasteiger partial charge in [0.05, 0.1) is 11.3 Å². The fraction of sp³-hybridized carbons (Fsp3) is 0.182. The van der Waals surface area contributed by atoms with E-state index in [9.17, 15) is 4.79 Å². The first-order valence-electron chi connectivity index (χ1n) is 4.94. The molecular weight excluding hydrogens is 206 g/mol. The predicted octanol–water partition coefficient (Wildman–Crippen LogP) is 1.73. The molecule has 2 heterocycles. The van der Waals surface area contributed by atoms with E-state index >= 15 is 0 Å². The summed E-state index contributed by atoms with van der Waals surface area (Å²) in [6.45, 7) is 2.03. The lowest BCUT2D eigenvalue weighted by Crippen LogP contribution is -1.97. The molecule has 5 nitrogen and oxygen atoms in total. The zero-order valence-electron chi connectivity index (χ0n) is 8.77. The molecule has 0 amide bonds. The molecule has 0 aliphatic carbocycles. The molecule has 0 saturated carbocycles. The molecule has 0 unspecified atom stereocenters. The Morgan fingerprint density at radius 2 is 2.31 bits per heavy atom. The average molecular weight is 217 g/mol. The van der Waals surface area contributed by atoms with Crippen molar-refractivity contribution in [3.63, 3.8) is 0 Å². The number of H-pyrrole nitrogens is 1. The van der Waals surface area contributed by atoms with Gasteiger partial charge in [0.15, 0.2) is 0 Å². The number of carboxylic acid groups (broad SMARTS) is 1. The van der Waals surface area contributed by atoms with Gasteiger partial charge < -0.3 is 5.11 Å². The van der Waals surface area contributed by atoms with E-state index in [2.05, 4.69) is 15.2 Å². The Hall–Kier alpha value is -2.17. The minimum Gasteiger partial charge on any atom is -0.478 e. The number of aryl methyl sites for hydroxylation is 1. The summed E-state index contributed by atoms with van der Waals surface area (Å²) in [5, 5.41) is 15.6. The van der Waals surface area contributed by atoms with Crippen LogP contribution in [0.2, 0.25) is 0 Å². The van der Waals surface area contributed by atoms with E-state index in [4.69, 9.17) is 5.11 Å². The molecule has 0 atom stereocenters. The van der Waals surface area contributed by atoms with Crippen LogP contribution in [0.3, 0.4) is 0 Å². The highest BCUT2D eigenvalue weighted by atomic mass is 16.4. The number of rotatable bonds is 3. The predicted molar refractivity (Wildman–Crippen MR) is 58.2 cm³/mol. The van der Waals surface area contributed by atoms with E-state index in [0.717, 1.165) is 17.7 Å². The normalized spacial score (nSPS) is 10.3. The van der Waals surface area contributed by atoms with Crippen LogP contribution < -0.4 is 0 Å². The first-order chi connectivity index (χ1) is 7.72. The second-order valence-electron chi connectivity index (χ2n) is 3.35. The molecule has 2 aromatic rings. The number of hydrogen-bond acceptors (Lipinski definition) is 3. The topological polar surface area (TPSA) is 78.9 Å². The molecule has 16 heavy (non-hydrogen) atoms. The smallest absolute Gasteiger partial charge is 0.337 e. The maximum absolute atomic E-state index is 10.7. The van der Waals surface area contributed by atoms with Crippen LogP contribution >= 0.6 is 0 Å². The summed E-state index contributed by atoms with van der Waals surface area (Å²) in [6, 6.07) is 3.19. The van der Waals surface area contributed by atoms with Crippen molar-refractivity contribution >= 4 is 5.97 Å². The summed E-state index contributed by atoms with van der Waals surface area (Å²) in [6.07, 6.45) is 4.02. The Morgan fingerprint density at radius 1 is 1.50 bits per heavy atom. The largest absolute Gasteiger partial charge is 0.478 e. The standard InChI is InChI=1S/C11H11N3O2/c1-2-7-6-13-14-10(7)9-4-3-8(5-12-9)11(15)16/h3-6H,2H2,1H3,(H,13,14)(H,15,16). The molecule has 0 aliphatic rings. The van der Waals surface area contributed by atoms with Gasteiger partial charge in [0.2, 0.25) is 0 Å². The van der Waals surface area contributed by atoms with E-state index < -0.39 is 5.97 Å². The van der Waals surface area contributed by atoms with Gasteiger partial charge in [-0.25, -0.2) is 4.79 Å². The lowest BCUT2D eigenvalue weighted by Gasteiger charge is -1.99. The third-order valence-corrected chi connectivity index (χ3v) is 2.35. The van der Waals surface area contributed by atoms with Crippen LogP contribution in [0.1, 0.15) is 22.8 Å². The number of hydrogen-bond donors (Lipinski definition) is 2. The zero-order valence-corrected chi connectivity index (χ0v) is 8.77. The van der Waals surface area contributed by atoms with Gasteiger partial charge in [0, 0.05) is 12.4 Å². The van der Waals surface area contributed by atoms with Gasteiger partial charge in [-0.1, -0.05) is 6.92 Å². The van der Waals surface area contributed by atoms with Crippen molar-refractivity contribution in [2.45, 2.75) is 13.3 Å². The van der Waals surface area contributed by atoms with Crippen molar-refractivity contribution in [2.24, 2.45) is 0 Å². The Kier molecular flexibility index (Phi) is 2.68. The van der Waals surface area contributed by atoms with Crippen molar-refractivity contribution in [1.82, 2.24) is 15.2 Å². The SMILES string of the molecule is CCc1c[nH]nc1-c1ccc(C(=O)O)cn1. The number of aromatic carboxylic acids is 1. The summed E-state index contributed by atoms with van der Waals surface area (Å²) < 4.78 is 0. The molecule has 0 radical (unpaired) electrons. The second-order valence-corrected chi connectivity index (χ2v) is 3.35. The molecule has 82 valence electrons. The lowest BCUT2D eigenvalue weighted by atomic mass is 10.1. The van der Waals surface area contributed by atoms with Gasteiger partial charge in [0.25, 0.3) is 0 Å². The maximum Gasteiger partial charge on any atom is 0.337 e. The Bertz CT molecular complexity index is 502. The van der Waals surface area contributed by atoms with Crippen molar-refractivity contribution < 1.29 is 9.90 Å². The highest BCUT2D eigenvalue weighted by Gasteiger charge is 2.09. The molecule has 0 bridgehead atoms. The van der Waals surface area contributed by atoms with Crippen LogP contribution in [0.4, 0.5) is 0 Å². The quantitative estimate of drug-likeness (QED) is 0.820. The van der Waals surface area contributed by atoms with Gasteiger partial charge in [-0.3, -0.25) is 10.1 Å². The summed E-state index contributed by atoms with van der Waals surface area (Å²) in [5.41, 5.74) is 2.70. The van der Waals surface area contributed by atoms with Crippen LogP contribution in [0.15, 0.2) is 24.5 Å². The minimum atomic E-state index is -0.975. The average Bonchev–Trinajstić information content (AvgIpc) is 2.77. The Balaban J connectivity index is 2.38. The van der Waals surface area contributed by atoms with Crippen LogP contribution in [0.5, 0.6) is 0 Å². The highest BCUT2D eigenvalue weighted by Crippen LogP contribution is 2.19. The van der Waals surface area contributed by atoms with Gasteiger partial charge in [-0.2, -0.15) is 5.10 Å². The molecule has 2 N–H and O–H groups in total. The molecule has 2 rings (SSSR count). The number of pyridine rings is 1. The minimum absolute atomic E-state index is 0.178. The lowest BCUT2D eigenvalue weighted by molar-refractivity contribution is 0.0696. The van der Waals surface area contributed by atoms with E-state index in [1.165, 1.54) is 12.3 Å². The van der Waals surface area contributed by atoms with Crippen molar-refractivity contribution in [3.8, 4) is 11.4 Å². The number of aromatic nitrogens is 3. The number of nitrogens with zero attached hydrogens (tertiary/aromatic N) is 2. The second kappa shape index (κ2) is 4.14. The van der Waals surface area contributed by atoms with Gasteiger partial charge in [-0.15, -0.1) is 0 Å². The number of aromatic amines is 1. The molecular formula is C11H11N3O2. The van der Waals surface area contributed by atoms with Gasteiger partial charge >= 0.3 is 5.97 Å². The molecule has 0 fully saturated rings. The van der Waals surface area contributed by atoms with Gasteiger partial charge in [-0.05, 0) is 24.1 Å². The summed E-state index contributed by atoms with van der Waals surface area (Å²) >= 11 is 0. The molecule has 0 saturated heterocycles. The van der Waals surface area contributed by atoms with Crippen molar-refractivity contribution in [3.05, 3.63) is 35.7 Å². The van der Waals surface area contributed by atoms with Crippen LogP contribution in [-0.2, 0) is 6.42 Å². The number of carboxylic acids is 1. The van der Waals surface area contributed by atoms with Gasteiger partial charge in [0.1, 0.15) is 5.69 Å². The fourth-order valence-corrected chi connectivity index (χ4v) is 1.47. The third-order valence-electron chi connectivity index (χ3n) is 2.35. The zero-order chi connectivity index (χ0) is 11.5. The Labute approximate surface area is 92.2 Å². The fourth-order valence-electron chi connectivity index (χ4n) is 1.47. The Morgan fingerprint density at radius 3 is 2.88 bits per heavy atom. The molecule has 0 spiro atoms. The van der Waals surface area contributed by atoms with Crippen LogP contribution in [0.25, 0.3) is 11.4 Å². The van der Waals surface area contributed by atoms with E-state index in [0.29, 0.717) is 5.69 Å². The first kappa shape index (κ1) is 10.4. The number of carbonyl (C=O) groups is 1. The van der Waals surface area contributed by atoms with Crippen molar-refractivity contribution in [2.75, 3.05) is 0 Å². The van der Waals surface area contributed by atoms with E-state index in [1.54, 1.807) is 6.07 Å². The van der Waals surface area contributed by atoms with E-state index in [-0.39, 0.29) is 5.56 Å². The third kappa shape index (κ3) is 1.79. The maximum atomic E-state index is 10.7. The summed E-state index contributed by atoms with van der Waals surface area (Å²) in [7, 11) is 0. The number of nitrogens with one attached hydrogen (secondary N) is 1. The monoisotopic (exact) mass is 217 g/mol. The summed E-state index contributed by atoms with van der Waals surface area (Å²) in [4.78, 5) is 14.7.